The predicted octanol–water partition coefficient (Wildman–Crippen LogP) is 3.36. The van der Waals surface area contributed by atoms with E-state index >= 15 is 0 Å². The van der Waals surface area contributed by atoms with Gasteiger partial charge in [0.05, 0.1) is 18.0 Å². The van der Waals surface area contributed by atoms with E-state index in [1.54, 1.807) is 18.2 Å². The van der Waals surface area contributed by atoms with Crippen LogP contribution < -0.4 is 5.32 Å². The maximum Gasteiger partial charge on any atom is 0.306 e. The SMILES string of the molecule is CC(NC(=O)C(C)N1CCC(C(=O)O)CC1)c1ccc(Cl)cc1Cl. The van der Waals surface area contributed by atoms with Crippen LogP contribution in [0.25, 0.3) is 0 Å². The van der Waals surface area contributed by atoms with Crippen LogP contribution >= 0.6 is 23.2 Å². The molecule has 0 saturated carbocycles. The number of carbonyl (C=O) groups excluding carboxylic acids is 1. The Morgan fingerprint density at radius 3 is 2.42 bits per heavy atom. The third-order valence-corrected chi connectivity index (χ3v) is 5.16. The highest BCUT2D eigenvalue weighted by Crippen LogP contribution is 2.26. The number of carboxylic acid groups (broad SMARTS) is 1. The van der Waals surface area contributed by atoms with Crippen LogP contribution in [0.4, 0.5) is 0 Å². The molecular weight excluding hydrogens is 351 g/mol. The number of amides is 1. The minimum absolute atomic E-state index is 0.0951. The Bertz CT molecular complexity index is 616. The van der Waals surface area contributed by atoms with E-state index in [1.807, 2.05) is 18.7 Å². The zero-order valence-corrected chi connectivity index (χ0v) is 15.3. The van der Waals surface area contributed by atoms with Crippen LogP contribution in [0.15, 0.2) is 18.2 Å². The quantitative estimate of drug-likeness (QED) is 0.831. The number of hydrogen-bond donors (Lipinski definition) is 2. The van der Waals surface area contributed by atoms with Gasteiger partial charge in [0.15, 0.2) is 0 Å². The fraction of sp³-hybridized carbons (Fsp3) is 0.529. The van der Waals surface area contributed by atoms with E-state index in [9.17, 15) is 9.59 Å². The lowest BCUT2D eigenvalue weighted by Crippen LogP contribution is -2.49. The van der Waals surface area contributed by atoms with Gasteiger partial charge in [0.1, 0.15) is 0 Å². The summed E-state index contributed by atoms with van der Waals surface area (Å²) in [5, 5.41) is 13.1. The molecule has 1 heterocycles. The molecule has 0 aromatic heterocycles. The molecule has 1 aliphatic heterocycles. The molecule has 1 aliphatic rings. The first-order valence-corrected chi connectivity index (χ1v) is 8.77. The standard InChI is InChI=1S/C17H22Cl2N2O3/c1-10(14-4-3-13(18)9-15(14)19)20-16(22)11(2)21-7-5-12(6-8-21)17(23)24/h3-4,9-12H,5-8H2,1-2H3,(H,20,22)(H,23,24). The number of carbonyl (C=O) groups is 2. The van der Waals surface area contributed by atoms with Crippen molar-refractivity contribution in [1.29, 1.82) is 0 Å². The maximum absolute atomic E-state index is 12.5. The molecule has 5 nitrogen and oxygen atoms in total. The lowest BCUT2D eigenvalue weighted by atomic mass is 9.96. The Labute approximate surface area is 151 Å². The molecule has 0 radical (unpaired) electrons. The topological polar surface area (TPSA) is 69.6 Å². The van der Waals surface area contributed by atoms with E-state index in [4.69, 9.17) is 28.3 Å². The Balaban J connectivity index is 1.93. The highest BCUT2D eigenvalue weighted by Gasteiger charge is 2.30. The average Bonchev–Trinajstić information content (AvgIpc) is 2.53. The van der Waals surface area contributed by atoms with Crippen LogP contribution in [0.3, 0.4) is 0 Å². The summed E-state index contributed by atoms with van der Waals surface area (Å²) in [7, 11) is 0. The Hall–Kier alpha value is -1.30. The summed E-state index contributed by atoms with van der Waals surface area (Å²) in [6.07, 6.45) is 1.15. The van der Waals surface area contributed by atoms with E-state index < -0.39 is 5.97 Å². The van der Waals surface area contributed by atoms with Crippen molar-refractivity contribution in [2.45, 2.75) is 38.8 Å². The van der Waals surface area contributed by atoms with Crippen molar-refractivity contribution >= 4 is 35.1 Å². The van der Waals surface area contributed by atoms with Gasteiger partial charge in [-0.15, -0.1) is 0 Å². The fourth-order valence-corrected chi connectivity index (χ4v) is 3.54. The highest BCUT2D eigenvalue weighted by atomic mass is 35.5. The predicted molar refractivity (Wildman–Crippen MR) is 94.4 cm³/mol. The van der Waals surface area contributed by atoms with Crippen molar-refractivity contribution in [2.75, 3.05) is 13.1 Å². The number of halogens is 2. The van der Waals surface area contributed by atoms with Gasteiger partial charge in [0, 0.05) is 10.0 Å². The average molecular weight is 373 g/mol. The number of hydrogen-bond acceptors (Lipinski definition) is 3. The first-order valence-electron chi connectivity index (χ1n) is 8.01. The van der Waals surface area contributed by atoms with Crippen LogP contribution in [0, 0.1) is 5.92 Å². The number of rotatable bonds is 5. The second kappa shape index (κ2) is 8.19. The molecule has 1 amide bonds. The molecule has 1 saturated heterocycles. The van der Waals surface area contributed by atoms with Crippen LogP contribution in [0.2, 0.25) is 10.0 Å². The van der Waals surface area contributed by atoms with Crippen molar-refractivity contribution in [3.8, 4) is 0 Å². The molecule has 1 aromatic rings. The minimum Gasteiger partial charge on any atom is -0.481 e. The number of piperidine rings is 1. The van der Waals surface area contributed by atoms with Crippen LogP contribution in [-0.2, 0) is 9.59 Å². The van der Waals surface area contributed by atoms with Gasteiger partial charge in [-0.2, -0.15) is 0 Å². The van der Waals surface area contributed by atoms with Gasteiger partial charge < -0.3 is 10.4 Å². The summed E-state index contributed by atoms with van der Waals surface area (Å²) in [5.74, 6) is -1.15. The first kappa shape index (κ1) is 19.0. The van der Waals surface area contributed by atoms with E-state index in [0.29, 0.717) is 36.0 Å². The highest BCUT2D eigenvalue weighted by molar-refractivity contribution is 6.35. The molecule has 2 N–H and O–H groups in total. The molecule has 0 spiro atoms. The fourth-order valence-electron chi connectivity index (χ4n) is 2.96. The van der Waals surface area contributed by atoms with Crippen molar-refractivity contribution in [3.63, 3.8) is 0 Å². The molecule has 2 atom stereocenters. The van der Waals surface area contributed by atoms with E-state index in [0.717, 1.165) is 5.56 Å². The number of nitrogens with zero attached hydrogens (tertiary/aromatic N) is 1. The minimum atomic E-state index is -0.752. The van der Waals surface area contributed by atoms with Crippen molar-refractivity contribution in [2.24, 2.45) is 5.92 Å². The summed E-state index contributed by atoms with van der Waals surface area (Å²) in [4.78, 5) is 25.5. The zero-order valence-electron chi connectivity index (χ0n) is 13.8. The van der Waals surface area contributed by atoms with E-state index in [-0.39, 0.29) is 23.9 Å². The number of aliphatic carboxylic acids is 1. The molecule has 132 valence electrons. The molecule has 7 heteroatoms. The normalized spacial score (nSPS) is 18.8. The molecule has 24 heavy (non-hydrogen) atoms. The largest absolute Gasteiger partial charge is 0.481 e. The van der Waals surface area contributed by atoms with E-state index in [1.165, 1.54) is 0 Å². The summed E-state index contributed by atoms with van der Waals surface area (Å²) in [6.45, 7) is 4.94. The molecule has 0 aliphatic carbocycles. The van der Waals surface area contributed by atoms with E-state index in [2.05, 4.69) is 5.32 Å². The zero-order chi connectivity index (χ0) is 17.9. The van der Waals surface area contributed by atoms with Crippen LogP contribution in [-0.4, -0.2) is 41.0 Å². The van der Waals surface area contributed by atoms with Gasteiger partial charge in [0.25, 0.3) is 0 Å². The molecule has 2 unspecified atom stereocenters. The van der Waals surface area contributed by atoms with Gasteiger partial charge in [-0.1, -0.05) is 29.3 Å². The number of nitrogens with one attached hydrogen (secondary N) is 1. The Kier molecular flexibility index (Phi) is 6.49. The molecule has 1 fully saturated rings. The molecular formula is C17H22Cl2N2O3. The van der Waals surface area contributed by atoms with Gasteiger partial charge in [-0.25, -0.2) is 0 Å². The lowest BCUT2D eigenvalue weighted by Gasteiger charge is -2.34. The Morgan fingerprint density at radius 2 is 1.88 bits per heavy atom. The second-order valence-electron chi connectivity index (χ2n) is 6.22. The van der Waals surface area contributed by atoms with Gasteiger partial charge in [-0.3, -0.25) is 14.5 Å². The number of likely N-dealkylation sites (tertiary alicyclic amines) is 1. The number of benzene rings is 1. The summed E-state index contributed by atoms with van der Waals surface area (Å²) in [6, 6.07) is 4.65. The van der Waals surface area contributed by atoms with Crippen molar-refractivity contribution in [1.82, 2.24) is 10.2 Å². The van der Waals surface area contributed by atoms with Crippen molar-refractivity contribution < 1.29 is 14.7 Å². The maximum atomic E-state index is 12.5. The molecule has 0 bridgehead atoms. The lowest BCUT2D eigenvalue weighted by molar-refractivity contribution is -0.143. The van der Waals surface area contributed by atoms with Gasteiger partial charge >= 0.3 is 5.97 Å². The summed E-state index contributed by atoms with van der Waals surface area (Å²) < 4.78 is 0. The third-order valence-electron chi connectivity index (χ3n) is 4.59. The Morgan fingerprint density at radius 1 is 1.25 bits per heavy atom. The summed E-state index contributed by atoms with van der Waals surface area (Å²) >= 11 is 12.1. The van der Waals surface area contributed by atoms with Gasteiger partial charge in [0.2, 0.25) is 5.91 Å². The smallest absolute Gasteiger partial charge is 0.306 e. The first-order chi connectivity index (χ1) is 11.3. The second-order valence-corrected chi connectivity index (χ2v) is 7.06. The number of carboxylic acids is 1. The van der Waals surface area contributed by atoms with Crippen molar-refractivity contribution in [3.05, 3.63) is 33.8 Å². The van der Waals surface area contributed by atoms with Gasteiger partial charge in [-0.05, 0) is 57.5 Å². The summed E-state index contributed by atoms with van der Waals surface area (Å²) in [5.41, 5.74) is 0.811. The third kappa shape index (κ3) is 4.62. The monoisotopic (exact) mass is 372 g/mol. The molecule has 2 rings (SSSR count). The van der Waals surface area contributed by atoms with Crippen LogP contribution in [0.5, 0.6) is 0 Å². The molecule has 1 aromatic carbocycles. The van der Waals surface area contributed by atoms with Crippen LogP contribution in [0.1, 0.15) is 38.3 Å².